The number of carbonyl (C=O) groups excluding carboxylic acids is 2. The zero-order valence-corrected chi connectivity index (χ0v) is 26.6. The molecule has 1 aromatic carbocycles. The minimum Gasteiger partial charge on any atom is -0.445 e. The Bertz CT molecular complexity index is 1560. The molecule has 0 radical (unpaired) electrons. The van der Waals surface area contributed by atoms with Crippen molar-refractivity contribution in [3.05, 3.63) is 66.3 Å². The number of anilines is 1. The number of aromatic nitrogens is 3. The molecule has 1 N–H and O–H groups in total. The van der Waals surface area contributed by atoms with E-state index in [1.54, 1.807) is 11.1 Å². The van der Waals surface area contributed by atoms with Gasteiger partial charge in [0, 0.05) is 58.0 Å². The predicted molar refractivity (Wildman–Crippen MR) is 169 cm³/mol. The van der Waals surface area contributed by atoms with Crippen LogP contribution < -0.4 is 5.32 Å². The fourth-order valence-corrected chi connectivity index (χ4v) is 5.90. The van der Waals surface area contributed by atoms with Crippen molar-refractivity contribution < 1.29 is 23.5 Å². The van der Waals surface area contributed by atoms with E-state index < -0.39 is 8.07 Å². The van der Waals surface area contributed by atoms with Gasteiger partial charge in [-0.25, -0.2) is 14.8 Å². The summed E-state index contributed by atoms with van der Waals surface area (Å²) >= 11 is 0. The Labute approximate surface area is 253 Å². The average molecular weight is 604 g/mol. The van der Waals surface area contributed by atoms with Gasteiger partial charge in [0.05, 0.1) is 11.3 Å². The van der Waals surface area contributed by atoms with Crippen LogP contribution in [0.2, 0.25) is 25.7 Å². The number of likely N-dealkylation sites (tertiary alicyclic amines) is 1. The lowest BCUT2D eigenvalue weighted by atomic mass is 9.99. The van der Waals surface area contributed by atoms with Crippen LogP contribution in [0.15, 0.2) is 59.5 Å². The molecule has 1 amide bonds. The SMILES string of the molecule is CC(=O)c1coc(-c2cnc3c(ccn3COCC[Si](C)(C)C)c2N[C@@H]2CC[C@H](C)N(C(=O)OCc3ccccc3)C2)n1. The molecule has 1 fully saturated rings. The number of pyridine rings is 1. The lowest BCUT2D eigenvalue weighted by molar-refractivity contribution is 0.0696. The number of Topliss-reactive ketones (excluding diaryl/α,β-unsaturated/α-hetero) is 1. The molecule has 1 aliphatic heterocycles. The number of oxazole rings is 1. The van der Waals surface area contributed by atoms with Crippen LogP contribution in [0.5, 0.6) is 0 Å². The van der Waals surface area contributed by atoms with E-state index >= 15 is 0 Å². The highest BCUT2D eigenvalue weighted by molar-refractivity contribution is 6.76. The number of amides is 1. The monoisotopic (exact) mass is 603 g/mol. The Morgan fingerprint density at radius 3 is 2.65 bits per heavy atom. The topological polar surface area (TPSA) is 112 Å². The predicted octanol–water partition coefficient (Wildman–Crippen LogP) is 6.81. The summed E-state index contributed by atoms with van der Waals surface area (Å²) in [4.78, 5) is 36.0. The fourth-order valence-electron chi connectivity index (χ4n) is 5.15. The zero-order valence-electron chi connectivity index (χ0n) is 25.6. The second kappa shape index (κ2) is 13.1. The first-order chi connectivity index (χ1) is 20.6. The van der Waals surface area contributed by atoms with E-state index in [0.717, 1.165) is 41.2 Å². The molecule has 0 saturated carbocycles. The number of nitrogens with one attached hydrogen (secondary N) is 1. The van der Waals surface area contributed by atoms with Gasteiger partial charge in [0.15, 0.2) is 5.78 Å². The van der Waals surface area contributed by atoms with E-state index in [1.165, 1.54) is 13.2 Å². The first-order valence-corrected chi connectivity index (χ1v) is 18.6. The standard InChI is InChI=1S/C32H41N5O5Si/c1-22-11-12-25(18-37(22)32(39)42-19-24-9-7-6-8-10-24)34-29-26-13-14-36(21-40-15-16-43(3,4)5)30(26)33-17-27(29)31-35-28(20-41-31)23(2)38/h6-10,13-14,17,20,22,25H,11-12,15-16,18-19,21H2,1-5H3,(H,33,34)/t22-,25+/m0/s1. The molecule has 2 atom stereocenters. The molecule has 0 aliphatic carbocycles. The zero-order chi connectivity index (χ0) is 30.6. The van der Waals surface area contributed by atoms with E-state index in [1.807, 2.05) is 54.1 Å². The summed E-state index contributed by atoms with van der Waals surface area (Å²) in [7, 11) is -1.20. The maximum atomic E-state index is 13.1. The van der Waals surface area contributed by atoms with Gasteiger partial charge in [-0.3, -0.25) is 4.79 Å². The van der Waals surface area contributed by atoms with E-state index in [0.29, 0.717) is 31.3 Å². The van der Waals surface area contributed by atoms with Crippen molar-refractivity contribution in [2.75, 3.05) is 18.5 Å². The smallest absolute Gasteiger partial charge is 0.410 e. The van der Waals surface area contributed by atoms with Gasteiger partial charge in [-0.2, -0.15) is 0 Å². The van der Waals surface area contributed by atoms with Crippen LogP contribution in [-0.2, 0) is 22.8 Å². The van der Waals surface area contributed by atoms with Crippen LogP contribution in [0.4, 0.5) is 10.5 Å². The van der Waals surface area contributed by atoms with Gasteiger partial charge in [-0.15, -0.1) is 0 Å². The minimum atomic E-state index is -1.20. The molecular formula is C32H41N5O5Si. The molecule has 10 nitrogen and oxygen atoms in total. The summed E-state index contributed by atoms with van der Waals surface area (Å²) in [6, 6.07) is 12.8. The van der Waals surface area contributed by atoms with Crippen LogP contribution in [0.1, 0.15) is 42.7 Å². The minimum absolute atomic E-state index is 0.0524. The van der Waals surface area contributed by atoms with Gasteiger partial charge < -0.3 is 28.7 Å². The summed E-state index contributed by atoms with van der Waals surface area (Å²) in [5.74, 6) is 0.135. The number of rotatable bonds is 11. The second-order valence-corrected chi connectivity index (χ2v) is 18.1. The number of nitrogens with zero attached hydrogens (tertiary/aromatic N) is 4. The summed E-state index contributed by atoms with van der Waals surface area (Å²) < 4.78 is 19.4. The Balaban J connectivity index is 1.38. The van der Waals surface area contributed by atoms with Crippen molar-refractivity contribution in [1.29, 1.82) is 0 Å². The number of fused-ring (bicyclic) bond motifs is 1. The fraction of sp³-hybridized carbons (Fsp3) is 0.438. The van der Waals surface area contributed by atoms with Crippen LogP contribution in [0.3, 0.4) is 0 Å². The van der Waals surface area contributed by atoms with Crippen molar-refractivity contribution in [3.63, 3.8) is 0 Å². The highest BCUT2D eigenvalue weighted by Crippen LogP contribution is 2.36. The maximum Gasteiger partial charge on any atom is 0.410 e. The Kier molecular flexibility index (Phi) is 9.31. The van der Waals surface area contributed by atoms with Crippen LogP contribution in [-0.4, -0.2) is 64.6 Å². The number of hydrogen-bond donors (Lipinski definition) is 1. The average Bonchev–Trinajstić information content (AvgIpc) is 3.63. The molecule has 11 heteroatoms. The third kappa shape index (κ3) is 7.52. The van der Waals surface area contributed by atoms with Gasteiger partial charge in [-0.1, -0.05) is 50.0 Å². The number of piperidine rings is 1. The van der Waals surface area contributed by atoms with Gasteiger partial charge in [0.2, 0.25) is 5.89 Å². The summed E-state index contributed by atoms with van der Waals surface area (Å²) in [5, 5.41) is 4.57. The van der Waals surface area contributed by atoms with Crippen molar-refractivity contribution in [2.45, 2.75) is 77.8 Å². The van der Waals surface area contributed by atoms with Gasteiger partial charge in [0.25, 0.3) is 0 Å². The maximum absolute atomic E-state index is 13.1. The van der Waals surface area contributed by atoms with Crippen molar-refractivity contribution >= 4 is 36.7 Å². The first kappa shape index (κ1) is 30.5. The van der Waals surface area contributed by atoms with Gasteiger partial charge >= 0.3 is 6.09 Å². The Morgan fingerprint density at radius 1 is 1.14 bits per heavy atom. The molecule has 228 valence electrons. The number of ether oxygens (including phenoxy) is 2. The molecular weight excluding hydrogens is 562 g/mol. The molecule has 43 heavy (non-hydrogen) atoms. The first-order valence-electron chi connectivity index (χ1n) is 14.9. The molecule has 5 rings (SSSR count). The third-order valence-electron chi connectivity index (χ3n) is 7.78. The number of benzene rings is 1. The van der Waals surface area contributed by atoms with E-state index in [9.17, 15) is 9.59 Å². The molecule has 3 aromatic heterocycles. The normalized spacial score (nSPS) is 17.3. The van der Waals surface area contributed by atoms with Crippen LogP contribution in [0, 0.1) is 0 Å². The van der Waals surface area contributed by atoms with Crippen LogP contribution >= 0.6 is 0 Å². The molecule has 1 aliphatic rings. The van der Waals surface area contributed by atoms with Gasteiger partial charge in [-0.05, 0) is 37.4 Å². The molecule has 4 heterocycles. The highest BCUT2D eigenvalue weighted by Gasteiger charge is 2.31. The summed E-state index contributed by atoms with van der Waals surface area (Å²) in [6.45, 7) is 12.3. The van der Waals surface area contributed by atoms with Crippen molar-refractivity contribution in [2.24, 2.45) is 0 Å². The van der Waals surface area contributed by atoms with Crippen LogP contribution in [0.25, 0.3) is 22.5 Å². The number of hydrogen-bond acceptors (Lipinski definition) is 8. The largest absolute Gasteiger partial charge is 0.445 e. The number of ketones is 1. The quantitative estimate of drug-likeness (QED) is 0.113. The molecule has 0 unspecified atom stereocenters. The lowest BCUT2D eigenvalue weighted by Gasteiger charge is -2.38. The van der Waals surface area contributed by atoms with E-state index in [2.05, 4.69) is 29.9 Å². The van der Waals surface area contributed by atoms with Crippen molar-refractivity contribution in [3.8, 4) is 11.5 Å². The van der Waals surface area contributed by atoms with E-state index in [4.69, 9.17) is 18.9 Å². The summed E-state index contributed by atoms with van der Waals surface area (Å²) in [6.07, 6.45) is 6.40. The Morgan fingerprint density at radius 2 is 1.93 bits per heavy atom. The van der Waals surface area contributed by atoms with Crippen molar-refractivity contribution in [1.82, 2.24) is 19.4 Å². The molecule has 1 saturated heterocycles. The number of carbonyl (C=O) groups is 2. The van der Waals surface area contributed by atoms with E-state index in [-0.39, 0.29) is 36.3 Å². The van der Waals surface area contributed by atoms with Gasteiger partial charge in [0.1, 0.15) is 30.9 Å². The summed E-state index contributed by atoms with van der Waals surface area (Å²) in [5.41, 5.74) is 3.41. The second-order valence-electron chi connectivity index (χ2n) is 12.5. The Hall–Kier alpha value is -3.96. The molecule has 0 bridgehead atoms. The molecule has 0 spiro atoms. The lowest BCUT2D eigenvalue weighted by Crippen LogP contribution is -2.49. The highest BCUT2D eigenvalue weighted by atomic mass is 28.3. The third-order valence-corrected chi connectivity index (χ3v) is 9.49. The molecule has 4 aromatic rings.